The Balaban J connectivity index is 1.43. The summed E-state index contributed by atoms with van der Waals surface area (Å²) in [7, 11) is 0. The number of para-hydroxylation sites is 1. The average molecular weight is 360 g/mol. The summed E-state index contributed by atoms with van der Waals surface area (Å²) in [6.07, 6.45) is 3.60. The molecule has 0 saturated carbocycles. The van der Waals surface area contributed by atoms with E-state index in [9.17, 15) is 4.79 Å². The molecule has 5 nitrogen and oxygen atoms in total. The maximum atomic E-state index is 13.1. The van der Waals surface area contributed by atoms with Crippen LogP contribution in [0.3, 0.4) is 0 Å². The van der Waals surface area contributed by atoms with Crippen molar-refractivity contribution in [2.45, 2.75) is 13.5 Å². The van der Waals surface area contributed by atoms with E-state index in [1.54, 1.807) is 10.9 Å². The van der Waals surface area contributed by atoms with Gasteiger partial charge >= 0.3 is 0 Å². The number of carbonyl (C=O) groups excluding carboxylic acids is 1. The summed E-state index contributed by atoms with van der Waals surface area (Å²) >= 11 is 0. The topological polar surface area (TPSA) is 41.4 Å². The normalized spacial score (nSPS) is 15.1. The lowest BCUT2D eigenvalue weighted by Crippen LogP contribution is -2.48. The smallest absolute Gasteiger partial charge is 0.256 e. The summed E-state index contributed by atoms with van der Waals surface area (Å²) in [4.78, 5) is 17.5. The van der Waals surface area contributed by atoms with Crippen LogP contribution in [0.15, 0.2) is 67.0 Å². The first kappa shape index (κ1) is 17.5. The molecule has 0 spiro atoms. The van der Waals surface area contributed by atoms with Gasteiger partial charge in [0.15, 0.2) is 0 Å². The molecule has 1 amide bonds. The van der Waals surface area contributed by atoms with Gasteiger partial charge in [-0.1, -0.05) is 36.4 Å². The molecule has 1 aliphatic heterocycles. The molecular weight excluding hydrogens is 336 g/mol. The molecular formula is C22H24N4O. The standard InChI is InChI=1S/C22H24N4O/c1-18-7-2-3-8-19(18)17-24-13-15-25(16-14-24)22(27)20-9-4-5-10-21(20)26-12-6-11-23-26/h2-12H,13-17H2,1H3. The average Bonchev–Trinajstić information content (AvgIpc) is 3.24. The minimum Gasteiger partial charge on any atom is -0.336 e. The Kier molecular flexibility index (Phi) is 5.03. The van der Waals surface area contributed by atoms with Gasteiger partial charge in [-0.15, -0.1) is 0 Å². The van der Waals surface area contributed by atoms with Gasteiger partial charge in [0.2, 0.25) is 0 Å². The fourth-order valence-corrected chi connectivity index (χ4v) is 3.57. The fraction of sp³-hybridized carbons (Fsp3) is 0.273. The quantitative estimate of drug-likeness (QED) is 0.718. The molecule has 5 heteroatoms. The molecule has 27 heavy (non-hydrogen) atoms. The van der Waals surface area contributed by atoms with Crippen LogP contribution in [0.5, 0.6) is 0 Å². The molecule has 3 aromatic rings. The number of benzene rings is 2. The predicted molar refractivity (Wildman–Crippen MR) is 106 cm³/mol. The molecule has 1 aromatic heterocycles. The van der Waals surface area contributed by atoms with Crippen molar-refractivity contribution < 1.29 is 4.79 Å². The highest BCUT2D eigenvalue weighted by molar-refractivity contribution is 5.97. The monoisotopic (exact) mass is 360 g/mol. The van der Waals surface area contributed by atoms with E-state index in [0.29, 0.717) is 5.56 Å². The zero-order chi connectivity index (χ0) is 18.6. The zero-order valence-corrected chi connectivity index (χ0v) is 15.6. The number of carbonyl (C=O) groups is 1. The van der Waals surface area contributed by atoms with Crippen LogP contribution in [0.1, 0.15) is 21.5 Å². The first-order valence-corrected chi connectivity index (χ1v) is 9.37. The largest absolute Gasteiger partial charge is 0.336 e. The van der Waals surface area contributed by atoms with Crippen molar-refractivity contribution in [3.8, 4) is 5.69 Å². The number of amides is 1. The van der Waals surface area contributed by atoms with Crippen LogP contribution in [0.25, 0.3) is 5.69 Å². The summed E-state index contributed by atoms with van der Waals surface area (Å²) < 4.78 is 1.75. The highest BCUT2D eigenvalue weighted by atomic mass is 16.2. The molecule has 0 unspecified atom stereocenters. The lowest BCUT2D eigenvalue weighted by Gasteiger charge is -2.35. The summed E-state index contributed by atoms with van der Waals surface area (Å²) in [5.74, 6) is 0.0802. The molecule has 4 rings (SSSR count). The molecule has 2 heterocycles. The number of hydrogen-bond donors (Lipinski definition) is 0. The van der Waals surface area contributed by atoms with E-state index in [4.69, 9.17) is 0 Å². The van der Waals surface area contributed by atoms with Gasteiger partial charge in [0.25, 0.3) is 5.91 Å². The molecule has 1 aliphatic rings. The molecule has 0 bridgehead atoms. The van der Waals surface area contributed by atoms with Gasteiger partial charge in [0.05, 0.1) is 11.3 Å². The maximum absolute atomic E-state index is 13.1. The first-order chi connectivity index (χ1) is 13.2. The van der Waals surface area contributed by atoms with Crippen LogP contribution in [-0.2, 0) is 6.54 Å². The Morgan fingerprint density at radius 2 is 1.70 bits per heavy atom. The second kappa shape index (κ2) is 7.76. The van der Waals surface area contributed by atoms with E-state index in [2.05, 4.69) is 41.2 Å². The molecule has 1 fully saturated rings. The Labute approximate surface area is 159 Å². The highest BCUT2D eigenvalue weighted by Gasteiger charge is 2.24. The van der Waals surface area contributed by atoms with Crippen molar-refractivity contribution in [1.29, 1.82) is 0 Å². The van der Waals surface area contributed by atoms with E-state index in [1.165, 1.54) is 11.1 Å². The van der Waals surface area contributed by atoms with Gasteiger partial charge in [-0.3, -0.25) is 9.69 Å². The summed E-state index contributed by atoms with van der Waals surface area (Å²) in [6.45, 7) is 6.38. The maximum Gasteiger partial charge on any atom is 0.256 e. The van der Waals surface area contributed by atoms with Crippen LogP contribution in [0.2, 0.25) is 0 Å². The third-order valence-electron chi connectivity index (χ3n) is 5.20. The second-order valence-corrected chi connectivity index (χ2v) is 6.96. The van der Waals surface area contributed by atoms with Crippen LogP contribution in [0.4, 0.5) is 0 Å². The van der Waals surface area contributed by atoms with E-state index in [1.807, 2.05) is 41.4 Å². The van der Waals surface area contributed by atoms with Crippen LogP contribution >= 0.6 is 0 Å². The number of hydrogen-bond acceptors (Lipinski definition) is 3. The Hall–Kier alpha value is -2.92. The van der Waals surface area contributed by atoms with Gasteiger partial charge in [0.1, 0.15) is 0 Å². The molecule has 2 aromatic carbocycles. The van der Waals surface area contributed by atoms with Gasteiger partial charge in [-0.25, -0.2) is 4.68 Å². The molecule has 1 saturated heterocycles. The van der Waals surface area contributed by atoms with Gasteiger partial charge in [0, 0.05) is 45.1 Å². The van der Waals surface area contributed by atoms with Crippen molar-refractivity contribution >= 4 is 5.91 Å². The number of aryl methyl sites for hydroxylation is 1. The number of aromatic nitrogens is 2. The number of piperazine rings is 1. The van der Waals surface area contributed by atoms with E-state index in [-0.39, 0.29) is 5.91 Å². The molecule has 0 radical (unpaired) electrons. The van der Waals surface area contributed by atoms with Crippen LogP contribution in [0, 0.1) is 6.92 Å². The fourth-order valence-electron chi connectivity index (χ4n) is 3.57. The van der Waals surface area contributed by atoms with Crippen molar-refractivity contribution in [3.63, 3.8) is 0 Å². The van der Waals surface area contributed by atoms with E-state index in [0.717, 1.165) is 38.4 Å². The predicted octanol–water partition coefficient (Wildman–Crippen LogP) is 3.14. The van der Waals surface area contributed by atoms with Gasteiger partial charge < -0.3 is 4.90 Å². The van der Waals surface area contributed by atoms with Gasteiger partial charge in [-0.05, 0) is 36.2 Å². The molecule has 0 aliphatic carbocycles. The Morgan fingerprint density at radius 1 is 0.963 bits per heavy atom. The third kappa shape index (κ3) is 3.78. The second-order valence-electron chi connectivity index (χ2n) is 6.96. The minimum atomic E-state index is 0.0802. The van der Waals surface area contributed by atoms with Crippen molar-refractivity contribution in [2.75, 3.05) is 26.2 Å². The van der Waals surface area contributed by atoms with Crippen molar-refractivity contribution in [3.05, 3.63) is 83.7 Å². The van der Waals surface area contributed by atoms with E-state index < -0.39 is 0 Å². The molecule has 0 N–H and O–H groups in total. The summed E-state index contributed by atoms with van der Waals surface area (Å²) in [5.41, 5.74) is 4.22. The molecule has 0 atom stereocenters. The summed E-state index contributed by atoms with van der Waals surface area (Å²) in [5, 5.41) is 4.28. The van der Waals surface area contributed by atoms with Crippen molar-refractivity contribution in [1.82, 2.24) is 19.6 Å². The minimum absolute atomic E-state index is 0.0802. The Bertz CT molecular complexity index is 912. The van der Waals surface area contributed by atoms with Gasteiger partial charge in [-0.2, -0.15) is 5.10 Å². The lowest BCUT2D eigenvalue weighted by molar-refractivity contribution is 0.0628. The first-order valence-electron chi connectivity index (χ1n) is 9.37. The lowest BCUT2D eigenvalue weighted by atomic mass is 10.1. The number of nitrogens with zero attached hydrogens (tertiary/aromatic N) is 4. The van der Waals surface area contributed by atoms with Crippen molar-refractivity contribution in [2.24, 2.45) is 0 Å². The summed E-state index contributed by atoms with van der Waals surface area (Å²) in [6, 6.07) is 18.1. The van der Waals surface area contributed by atoms with Crippen LogP contribution in [-0.4, -0.2) is 51.7 Å². The third-order valence-corrected chi connectivity index (χ3v) is 5.20. The Morgan fingerprint density at radius 3 is 2.44 bits per heavy atom. The highest BCUT2D eigenvalue weighted by Crippen LogP contribution is 2.18. The SMILES string of the molecule is Cc1ccccc1CN1CCN(C(=O)c2ccccc2-n2cccn2)CC1. The van der Waals surface area contributed by atoms with Crippen LogP contribution < -0.4 is 0 Å². The zero-order valence-electron chi connectivity index (χ0n) is 15.6. The molecule has 138 valence electrons. The number of rotatable bonds is 4. The van der Waals surface area contributed by atoms with E-state index >= 15 is 0 Å².